The van der Waals surface area contributed by atoms with Crippen LogP contribution in [0.2, 0.25) is 0 Å². The molecule has 0 saturated carbocycles. The monoisotopic (exact) mass is 353 g/mol. The summed E-state index contributed by atoms with van der Waals surface area (Å²) in [5, 5.41) is 4.77. The molecule has 0 spiro atoms. The molecule has 0 radical (unpaired) electrons. The quantitative estimate of drug-likeness (QED) is 0.755. The van der Waals surface area contributed by atoms with Gasteiger partial charge in [-0.1, -0.05) is 54.1 Å². The lowest BCUT2D eigenvalue weighted by molar-refractivity contribution is -0.115. The number of carbonyl (C=O) groups is 1. The number of amides is 1. The molecule has 3 aromatic carbocycles. The third kappa shape index (κ3) is 4.06. The maximum Gasteiger partial charge on any atom is 0.225 e. The Bertz CT molecular complexity index is 1000. The number of fused-ring (bicyclic) bond motifs is 1. The molecule has 0 unspecified atom stereocenters. The molecule has 4 nitrogen and oxygen atoms in total. The van der Waals surface area contributed by atoms with Crippen LogP contribution in [0.5, 0.6) is 0 Å². The van der Waals surface area contributed by atoms with Gasteiger partial charge in [-0.25, -0.2) is 8.42 Å². The Hall–Kier alpha value is -2.66. The van der Waals surface area contributed by atoms with Gasteiger partial charge in [0.15, 0.2) is 9.84 Å². The first-order valence-electron chi connectivity index (χ1n) is 8.03. The van der Waals surface area contributed by atoms with Crippen LogP contribution < -0.4 is 5.32 Å². The van der Waals surface area contributed by atoms with Crippen LogP contribution in [0.3, 0.4) is 0 Å². The van der Waals surface area contributed by atoms with Crippen molar-refractivity contribution < 1.29 is 13.2 Å². The van der Waals surface area contributed by atoms with Crippen LogP contribution >= 0.6 is 0 Å². The second kappa shape index (κ2) is 7.07. The number of benzene rings is 3. The third-order valence-electron chi connectivity index (χ3n) is 4.04. The van der Waals surface area contributed by atoms with E-state index in [1.165, 1.54) is 0 Å². The summed E-state index contributed by atoms with van der Waals surface area (Å²) in [6.45, 7) is 1.90. The van der Waals surface area contributed by atoms with Gasteiger partial charge in [-0.3, -0.25) is 4.79 Å². The molecule has 5 heteroatoms. The van der Waals surface area contributed by atoms with E-state index >= 15 is 0 Å². The molecule has 1 N–H and O–H groups in total. The van der Waals surface area contributed by atoms with Crippen LogP contribution in [0, 0.1) is 6.92 Å². The maximum atomic E-state index is 12.3. The second-order valence-electron chi connectivity index (χ2n) is 5.96. The summed E-state index contributed by atoms with van der Waals surface area (Å²) in [7, 11) is -3.47. The molecule has 0 aromatic heterocycles. The van der Waals surface area contributed by atoms with Gasteiger partial charge in [0.05, 0.1) is 10.6 Å². The number of hydrogen-bond donors (Lipinski definition) is 1. The highest BCUT2D eigenvalue weighted by atomic mass is 32.2. The van der Waals surface area contributed by atoms with Crippen molar-refractivity contribution in [3.8, 4) is 0 Å². The van der Waals surface area contributed by atoms with E-state index in [1.807, 2.05) is 49.4 Å². The second-order valence-corrected chi connectivity index (χ2v) is 8.07. The van der Waals surface area contributed by atoms with Gasteiger partial charge in [-0.05, 0) is 30.5 Å². The minimum atomic E-state index is -3.47. The number of nitrogens with one attached hydrogen (secondary N) is 1. The standard InChI is InChI=1S/C20H19NO3S/c1-15-9-11-17(12-10-15)25(23,24)14-13-20(22)21-19-8-4-6-16-5-2-3-7-18(16)19/h2-12H,13-14H2,1H3,(H,21,22). The van der Waals surface area contributed by atoms with E-state index in [-0.39, 0.29) is 23.0 Å². The van der Waals surface area contributed by atoms with Gasteiger partial charge in [0, 0.05) is 17.5 Å². The molecule has 0 aliphatic rings. The summed E-state index contributed by atoms with van der Waals surface area (Å²) in [4.78, 5) is 12.5. The minimum absolute atomic E-state index is 0.0839. The third-order valence-corrected chi connectivity index (χ3v) is 5.77. The van der Waals surface area contributed by atoms with E-state index in [0.717, 1.165) is 16.3 Å². The topological polar surface area (TPSA) is 63.2 Å². The van der Waals surface area contributed by atoms with Crippen molar-refractivity contribution in [2.24, 2.45) is 0 Å². The smallest absolute Gasteiger partial charge is 0.225 e. The predicted molar refractivity (Wildman–Crippen MR) is 100 cm³/mol. The summed E-state index contributed by atoms with van der Waals surface area (Å²) < 4.78 is 24.7. The Balaban J connectivity index is 1.69. The van der Waals surface area contributed by atoms with Crippen molar-refractivity contribution in [3.05, 3.63) is 72.3 Å². The molecule has 3 aromatic rings. The van der Waals surface area contributed by atoms with E-state index in [4.69, 9.17) is 0 Å². The number of rotatable bonds is 5. The first-order valence-corrected chi connectivity index (χ1v) is 9.68. The van der Waals surface area contributed by atoms with E-state index < -0.39 is 9.84 Å². The van der Waals surface area contributed by atoms with Gasteiger partial charge in [-0.15, -0.1) is 0 Å². The first kappa shape index (κ1) is 17.2. The zero-order chi connectivity index (χ0) is 17.9. The lowest BCUT2D eigenvalue weighted by Crippen LogP contribution is -2.17. The van der Waals surface area contributed by atoms with Crippen molar-refractivity contribution in [1.29, 1.82) is 0 Å². The van der Waals surface area contributed by atoms with E-state index in [2.05, 4.69) is 5.32 Å². The average molecular weight is 353 g/mol. The summed E-state index contributed by atoms with van der Waals surface area (Å²) >= 11 is 0. The van der Waals surface area contributed by atoms with Gasteiger partial charge in [0.2, 0.25) is 5.91 Å². The van der Waals surface area contributed by atoms with Crippen molar-refractivity contribution in [2.45, 2.75) is 18.2 Å². The number of aryl methyl sites for hydroxylation is 1. The molecule has 25 heavy (non-hydrogen) atoms. The molecule has 0 aliphatic carbocycles. The molecule has 0 heterocycles. The molecule has 0 saturated heterocycles. The molecule has 0 fully saturated rings. The SMILES string of the molecule is Cc1ccc(S(=O)(=O)CCC(=O)Nc2cccc3ccccc23)cc1. The van der Waals surface area contributed by atoms with E-state index in [9.17, 15) is 13.2 Å². The summed E-state index contributed by atoms with van der Waals surface area (Å²) in [5.41, 5.74) is 1.68. The molecule has 1 amide bonds. The zero-order valence-corrected chi connectivity index (χ0v) is 14.7. The number of hydrogen-bond acceptors (Lipinski definition) is 3. The Morgan fingerprint density at radius 2 is 1.60 bits per heavy atom. The summed E-state index contributed by atoms with van der Waals surface area (Å²) in [6, 6.07) is 20.0. The molecule has 128 valence electrons. The van der Waals surface area contributed by atoms with Crippen molar-refractivity contribution in [3.63, 3.8) is 0 Å². The summed E-state index contributed by atoms with van der Waals surface area (Å²) in [6.07, 6.45) is -0.0839. The Morgan fingerprint density at radius 3 is 2.36 bits per heavy atom. The van der Waals surface area contributed by atoms with Crippen molar-refractivity contribution in [1.82, 2.24) is 0 Å². The van der Waals surface area contributed by atoms with Crippen LogP contribution in [-0.2, 0) is 14.6 Å². The van der Waals surface area contributed by atoms with Crippen LogP contribution in [0.4, 0.5) is 5.69 Å². The zero-order valence-electron chi connectivity index (χ0n) is 13.9. The highest BCUT2D eigenvalue weighted by Crippen LogP contribution is 2.23. The molecule has 0 atom stereocenters. The fraction of sp³-hybridized carbons (Fsp3) is 0.150. The molecule has 3 rings (SSSR count). The van der Waals surface area contributed by atoms with Crippen molar-refractivity contribution >= 4 is 32.2 Å². The predicted octanol–water partition coefficient (Wildman–Crippen LogP) is 3.95. The number of sulfone groups is 1. The van der Waals surface area contributed by atoms with Crippen molar-refractivity contribution in [2.75, 3.05) is 11.1 Å². The number of anilines is 1. The highest BCUT2D eigenvalue weighted by molar-refractivity contribution is 7.91. The average Bonchev–Trinajstić information content (AvgIpc) is 2.61. The Labute approximate surface area is 147 Å². The van der Waals surface area contributed by atoms with Gasteiger partial charge in [0.1, 0.15) is 0 Å². The lowest BCUT2D eigenvalue weighted by Gasteiger charge is -2.09. The van der Waals surface area contributed by atoms with Crippen LogP contribution in [0.25, 0.3) is 10.8 Å². The molecular formula is C20H19NO3S. The Kier molecular flexibility index (Phi) is 4.86. The van der Waals surface area contributed by atoms with E-state index in [0.29, 0.717) is 5.69 Å². The van der Waals surface area contributed by atoms with Gasteiger partial charge >= 0.3 is 0 Å². The molecule has 0 aliphatic heterocycles. The molecular weight excluding hydrogens is 334 g/mol. The van der Waals surface area contributed by atoms with E-state index in [1.54, 1.807) is 24.3 Å². The fourth-order valence-electron chi connectivity index (χ4n) is 2.64. The van der Waals surface area contributed by atoms with Crippen LogP contribution in [0.1, 0.15) is 12.0 Å². The fourth-order valence-corrected chi connectivity index (χ4v) is 3.88. The highest BCUT2D eigenvalue weighted by Gasteiger charge is 2.16. The lowest BCUT2D eigenvalue weighted by atomic mass is 10.1. The first-order chi connectivity index (χ1) is 12.0. The van der Waals surface area contributed by atoms with Crippen LogP contribution in [0.15, 0.2) is 71.6 Å². The normalized spacial score (nSPS) is 11.4. The number of carbonyl (C=O) groups excluding carboxylic acids is 1. The van der Waals surface area contributed by atoms with Gasteiger partial charge in [-0.2, -0.15) is 0 Å². The summed E-state index contributed by atoms with van der Waals surface area (Å²) in [5.74, 6) is -0.529. The van der Waals surface area contributed by atoms with Gasteiger partial charge in [0.25, 0.3) is 0 Å². The van der Waals surface area contributed by atoms with Gasteiger partial charge < -0.3 is 5.32 Å². The van der Waals surface area contributed by atoms with Crippen LogP contribution in [-0.4, -0.2) is 20.1 Å². The Morgan fingerprint density at radius 1 is 0.920 bits per heavy atom. The molecule has 0 bridgehead atoms. The maximum absolute atomic E-state index is 12.3. The minimum Gasteiger partial charge on any atom is -0.325 e. The largest absolute Gasteiger partial charge is 0.325 e.